The fraction of sp³-hybridized carbons (Fsp3) is 0.625. The van der Waals surface area contributed by atoms with Crippen LogP contribution < -0.4 is 15.2 Å². The highest BCUT2D eigenvalue weighted by Gasteiger charge is 2.37. The van der Waals surface area contributed by atoms with E-state index < -0.39 is 21.7 Å². The van der Waals surface area contributed by atoms with Crippen LogP contribution in [0.15, 0.2) is 12.1 Å². The van der Waals surface area contributed by atoms with Gasteiger partial charge in [-0.15, -0.1) is 4.72 Å². The van der Waals surface area contributed by atoms with Crippen LogP contribution in [0.3, 0.4) is 0 Å². The van der Waals surface area contributed by atoms with Gasteiger partial charge in [-0.1, -0.05) is 0 Å². The number of hydrogen-bond acceptors (Lipinski definition) is 4. The van der Waals surface area contributed by atoms with Crippen LogP contribution in [0, 0.1) is 5.82 Å². The number of nitrogens with two attached hydrogens (primary N) is 1. The van der Waals surface area contributed by atoms with Crippen molar-refractivity contribution in [2.45, 2.75) is 57.4 Å². The van der Waals surface area contributed by atoms with Crippen molar-refractivity contribution in [2.24, 2.45) is 5.73 Å². The third kappa shape index (κ3) is 3.56. The Kier molecular flexibility index (Phi) is 4.78. The first kappa shape index (κ1) is 17.5. The van der Waals surface area contributed by atoms with Crippen molar-refractivity contribution in [2.75, 3.05) is 6.54 Å². The van der Waals surface area contributed by atoms with Crippen LogP contribution in [0.2, 0.25) is 0 Å². The molecule has 0 aromatic heterocycles. The van der Waals surface area contributed by atoms with E-state index in [0.29, 0.717) is 24.3 Å². The van der Waals surface area contributed by atoms with E-state index in [1.165, 1.54) is 12.1 Å². The lowest BCUT2D eigenvalue weighted by atomic mass is 9.97. The zero-order valence-electron chi connectivity index (χ0n) is 13.8. The second-order valence-electron chi connectivity index (χ2n) is 7.14. The molecule has 1 unspecified atom stereocenters. The van der Waals surface area contributed by atoms with Gasteiger partial charge in [0.1, 0.15) is 21.9 Å². The van der Waals surface area contributed by atoms with Crippen molar-refractivity contribution in [3.63, 3.8) is 0 Å². The zero-order chi connectivity index (χ0) is 16.7. The molecule has 3 N–H and O–H groups in total. The summed E-state index contributed by atoms with van der Waals surface area (Å²) in [4.78, 5) is 0. The summed E-state index contributed by atoms with van der Waals surface area (Å²) in [5.41, 5.74) is 6.76. The lowest BCUT2D eigenvalue weighted by Gasteiger charge is -2.27. The number of ether oxygens (including phenoxy) is 1. The molecule has 0 saturated heterocycles. The van der Waals surface area contributed by atoms with Crippen LogP contribution in [-0.4, -0.2) is 21.4 Å². The Balaban J connectivity index is 2.30. The molecule has 4 nitrogen and oxygen atoms in total. The van der Waals surface area contributed by atoms with Gasteiger partial charge in [0.05, 0.1) is 6.04 Å². The van der Waals surface area contributed by atoms with Crippen LogP contribution in [0.1, 0.15) is 51.8 Å². The van der Waals surface area contributed by atoms with Crippen molar-refractivity contribution >= 4 is 11.4 Å². The van der Waals surface area contributed by atoms with Gasteiger partial charge in [0.15, 0.2) is 0 Å². The predicted molar refractivity (Wildman–Crippen MR) is 87.6 cm³/mol. The van der Waals surface area contributed by atoms with Crippen LogP contribution in [0.25, 0.3) is 0 Å². The quantitative estimate of drug-likeness (QED) is 0.834. The number of fused-ring (bicyclic) bond motifs is 1. The number of halogens is 1. The topological polar surface area (TPSA) is 70.3 Å². The highest BCUT2D eigenvalue weighted by molar-refractivity contribution is 7.90. The molecular weight excluding hydrogens is 303 g/mol. The molecule has 2 rings (SSSR count). The Bertz CT molecular complexity index is 562. The van der Waals surface area contributed by atoms with Crippen molar-refractivity contribution in [1.29, 1.82) is 0 Å². The molecule has 124 valence electrons. The van der Waals surface area contributed by atoms with Crippen molar-refractivity contribution in [1.82, 2.24) is 4.72 Å². The average Bonchev–Trinajstić information content (AvgIpc) is 2.73. The second kappa shape index (κ2) is 6.00. The fourth-order valence-corrected chi connectivity index (χ4v) is 3.25. The van der Waals surface area contributed by atoms with Gasteiger partial charge in [0.2, 0.25) is 0 Å². The molecule has 0 saturated carbocycles. The Morgan fingerprint density at radius 2 is 2.14 bits per heavy atom. The molecule has 1 aromatic rings. The van der Waals surface area contributed by atoms with Gasteiger partial charge in [0.25, 0.3) is 0 Å². The third-order valence-corrected chi connectivity index (χ3v) is 5.49. The molecule has 1 aromatic carbocycles. The predicted octanol–water partition coefficient (Wildman–Crippen LogP) is 2.59. The Hall–Kier alpha value is -0.820. The lowest BCUT2D eigenvalue weighted by molar-refractivity contribution is 0.124. The first-order valence-corrected chi connectivity index (χ1v) is 8.60. The normalized spacial score (nSPS) is 23.8. The van der Waals surface area contributed by atoms with Gasteiger partial charge >= 0.3 is 0 Å². The first-order chi connectivity index (χ1) is 10.1. The highest BCUT2D eigenvalue weighted by Crippen LogP contribution is 2.40. The smallest absolute Gasteiger partial charge is 0.136 e. The van der Waals surface area contributed by atoms with Gasteiger partial charge in [-0.2, -0.15) is 0 Å². The molecule has 1 heterocycles. The SMILES string of the molecule is C[C@@H](N[S+]([O-])C(C)(C)C)c1cc(F)cc2c1O[C@@](C)(CN)C2. The van der Waals surface area contributed by atoms with Crippen molar-refractivity contribution in [3.05, 3.63) is 29.1 Å². The molecule has 1 aliphatic heterocycles. The molecule has 6 heteroatoms. The maximum absolute atomic E-state index is 13.9. The standard InChI is InChI=1S/C16H25FN2O2S/c1-10(19-22(20)15(2,3)4)13-7-12(17)6-11-8-16(5,9-18)21-14(11)13/h6-7,10,19H,8-9,18H2,1-5H3/t10-,16-,22?/m1/s1. The van der Waals surface area contributed by atoms with E-state index in [2.05, 4.69) is 4.72 Å². The Morgan fingerprint density at radius 3 is 2.68 bits per heavy atom. The second-order valence-corrected chi connectivity index (χ2v) is 9.13. The summed E-state index contributed by atoms with van der Waals surface area (Å²) >= 11 is -1.24. The van der Waals surface area contributed by atoms with E-state index in [9.17, 15) is 8.94 Å². The van der Waals surface area contributed by atoms with E-state index in [0.717, 1.165) is 5.56 Å². The first-order valence-electron chi connectivity index (χ1n) is 7.45. The number of hydrogen-bond donors (Lipinski definition) is 2. The largest absolute Gasteiger partial charge is 0.598 e. The Labute approximate surface area is 134 Å². The van der Waals surface area contributed by atoms with Crippen LogP contribution >= 0.6 is 0 Å². The summed E-state index contributed by atoms with van der Waals surface area (Å²) in [5, 5.41) is 0. The van der Waals surface area contributed by atoms with E-state index >= 15 is 0 Å². The minimum atomic E-state index is -1.24. The molecule has 22 heavy (non-hydrogen) atoms. The maximum atomic E-state index is 13.9. The summed E-state index contributed by atoms with van der Waals surface area (Å²) in [7, 11) is 0. The van der Waals surface area contributed by atoms with Gasteiger partial charge in [-0.3, -0.25) is 0 Å². The van der Waals surface area contributed by atoms with Crippen LogP contribution in [0.5, 0.6) is 5.75 Å². The van der Waals surface area contributed by atoms with Crippen molar-refractivity contribution in [3.8, 4) is 5.75 Å². The molecule has 0 bridgehead atoms. The zero-order valence-corrected chi connectivity index (χ0v) is 14.6. The molecule has 3 atom stereocenters. The van der Waals surface area contributed by atoms with Crippen LogP contribution in [-0.2, 0) is 17.8 Å². The van der Waals surface area contributed by atoms with E-state index in [1.807, 2.05) is 34.6 Å². The van der Waals surface area contributed by atoms with E-state index in [4.69, 9.17) is 10.5 Å². The number of rotatable bonds is 4. The number of nitrogens with one attached hydrogen (secondary N) is 1. The maximum Gasteiger partial charge on any atom is 0.136 e. The van der Waals surface area contributed by atoms with E-state index in [-0.39, 0.29) is 11.9 Å². The molecule has 0 fully saturated rings. The monoisotopic (exact) mass is 328 g/mol. The van der Waals surface area contributed by atoms with Gasteiger partial charge < -0.3 is 15.0 Å². The molecular formula is C16H25FN2O2S. The average molecular weight is 328 g/mol. The summed E-state index contributed by atoms with van der Waals surface area (Å²) in [5.74, 6) is 0.356. The highest BCUT2D eigenvalue weighted by atomic mass is 32.2. The van der Waals surface area contributed by atoms with Crippen molar-refractivity contribution < 1.29 is 13.7 Å². The minimum absolute atomic E-state index is 0.287. The van der Waals surface area contributed by atoms with Gasteiger partial charge in [0, 0.05) is 35.5 Å². The molecule has 1 aliphatic rings. The van der Waals surface area contributed by atoms with Gasteiger partial charge in [-0.05, 0) is 46.8 Å². The minimum Gasteiger partial charge on any atom is -0.598 e. The summed E-state index contributed by atoms with van der Waals surface area (Å²) in [6.07, 6.45) is 0.582. The summed E-state index contributed by atoms with van der Waals surface area (Å²) in [6, 6.07) is 2.65. The van der Waals surface area contributed by atoms with E-state index in [1.54, 1.807) is 0 Å². The molecule has 0 aliphatic carbocycles. The summed E-state index contributed by atoms with van der Waals surface area (Å²) < 4.78 is 34.8. The third-order valence-electron chi connectivity index (χ3n) is 3.81. The van der Waals surface area contributed by atoms with Gasteiger partial charge in [-0.25, -0.2) is 4.39 Å². The number of benzene rings is 1. The van der Waals surface area contributed by atoms with Crippen LogP contribution in [0.4, 0.5) is 4.39 Å². The summed E-state index contributed by atoms with van der Waals surface area (Å²) in [6.45, 7) is 9.81. The lowest BCUT2D eigenvalue weighted by Crippen LogP contribution is -2.41. The molecule has 0 spiro atoms. The molecule has 0 amide bonds. The molecule has 0 radical (unpaired) electrons. The fourth-order valence-electron chi connectivity index (χ4n) is 2.45. The Morgan fingerprint density at radius 1 is 1.50 bits per heavy atom.